The third-order valence-corrected chi connectivity index (χ3v) is 2.99. The smallest absolute Gasteiger partial charge is 0.345 e. The Kier molecular flexibility index (Phi) is 5.91. The lowest BCUT2D eigenvalue weighted by Gasteiger charge is -2.04. The maximum absolute atomic E-state index is 11.7. The highest BCUT2D eigenvalue weighted by atomic mass is 35.5. The summed E-state index contributed by atoms with van der Waals surface area (Å²) in [5.41, 5.74) is 1.73. The Hall–Kier alpha value is -2.87. The number of rotatable bonds is 6. The quantitative estimate of drug-likeness (QED) is 0.685. The second-order valence-corrected chi connectivity index (χ2v) is 4.58. The fourth-order valence-corrected chi connectivity index (χ4v) is 1.93. The van der Waals surface area contributed by atoms with Crippen LogP contribution in [0.15, 0.2) is 42.7 Å². The van der Waals surface area contributed by atoms with Gasteiger partial charge in [0.15, 0.2) is 0 Å². The van der Waals surface area contributed by atoms with Gasteiger partial charge in [-0.25, -0.2) is 9.89 Å². The van der Waals surface area contributed by atoms with Crippen molar-refractivity contribution in [2.45, 2.75) is 13.5 Å². The molecule has 3 rings (SSSR count). The van der Waals surface area contributed by atoms with E-state index in [1.54, 1.807) is 13.1 Å². The fourth-order valence-electron chi connectivity index (χ4n) is 1.93. The first-order chi connectivity index (χ1) is 11.3. The maximum Gasteiger partial charge on any atom is 0.345 e. The number of halogens is 1. The number of carbonyl (C=O) groups is 1. The van der Waals surface area contributed by atoms with E-state index in [4.69, 9.17) is 9.47 Å². The zero-order valence-electron chi connectivity index (χ0n) is 12.9. The molecule has 0 saturated heterocycles. The van der Waals surface area contributed by atoms with Crippen molar-refractivity contribution >= 4 is 18.4 Å². The number of para-hydroxylation sites is 1. The van der Waals surface area contributed by atoms with Gasteiger partial charge in [0.05, 0.1) is 24.7 Å². The molecular formula is C15H16ClN5O3. The molecular weight excluding hydrogens is 334 g/mol. The minimum atomic E-state index is -0.482. The summed E-state index contributed by atoms with van der Waals surface area (Å²) in [6.45, 7) is 2.18. The third kappa shape index (κ3) is 3.90. The van der Waals surface area contributed by atoms with Crippen LogP contribution in [0.25, 0.3) is 5.69 Å². The first-order valence-corrected chi connectivity index (χ1v) is 7.08. The van der Waals surface area contributed by atoms with Crippen LogP contribution in [0.1, 0.15) is 23.0 Å². The molecule has 9 heteroatoms. The number of ether oxygens (including phenoxy) is 2. The Morgan fingerprint density at radius 2 is 2.04 bits per heavy atom. The van der Waals surface area contributed by atoms with Crippen LogP contribution in [0.5, 0.6) is 5.88 Å². The molecule has 24 heavy (non-hydrogen) atoms. The summed E-state index contributed by atoms with van der Waals surface area (Å²) in [6.07, 6.45) is 2.97. The molecule has 2 aromatic heterocycles. The van der Waals surface area contributed by atoms with Crippen LogP contribution < -0.4 is 4.74 Å². The van der Waals surface area contributed by atoms with Crippen molar-refractivity contribution < 1.29 is 14.3 Å². The van der Waals surface area contributed by atoms with Gasteiger partial charge < -0.3 is 9.47 Å². The standard InChI is InChI=1S/C15H15N5O3.ClH/c1-2-22-15(21)13-9-16-18-14(13)23-10-11-8-17-20(19-11)12-6-4-3-5-7-12;/h3-9H,2,10H2,1H3,(H,16,18);1H. The summed E-state index contributed by atoms with van der Waals surface area (Å²) in [4.78, 5) is 13.2. The van der Waals surface area contributed by atoms with E-state index < -0.39 is 5.97 Å². The second-order valence-electron chi connectivity index (χ2n) is 4.58. The van der Waals surface area contributed by atoms with Crippen molar-refractivity contribution in [3.8, 4) is 11.6 Å². The van der Waals surface area contributed by atoms with E-state index in [0.717, 1.165) is 5.69 Å². The van der Waals surface area contributed by atoms with E-state index in [-0.39, 0.29) is 37.1 Å². The lowest BCUT2D eigenvalue weighted by molar-refractivity contribution is 0.0521. The summed E-state index contributed by atoms with van der Waals surface area (Å²) >= 11 is 0. The van der Waals surface area contributed by atoms with Gasteiger partial charge >= 0.3 is 5.97 Å². The summed E-state index contributed by atoms with van der Waals surface area (Å²) in [5, 5.41) is 14.9. The third-order valence-electron chi connectivity index (χ3n) is 2.99. The van der Waals surface area contributed by atoms with Crippen molar-refractivity contribution in [2.24, 2.45) is 0 Å². The lowest BCUT2D eigenvalue weighted by atomic mass is 10.3. The number of H-pyrrole nitrogens is 1. The van der Waals surface area contributed by atoms with Gasteiger partial charge in [0.25, 0.3) is 0 Å². The zero-order chi connectivity index (χ0) is 16.1. The van der Waals surface area contributed by atoms with Crippen LogP contribution >= 0.6 is 12.4 Å². The van der Waals surface area contributed by atoms with Gasteiger partial charge in [-0.3, -0.25) is 0 Å². The Balaban J connectivity index is 0.00000208. The summed E-state index contributed by atoms with van der Waals surface area (Å²) in [6, 6.07) is 9.54. The number of benzene rings is 1. The number of aromatic amines is 1. The highest BCUT2D eigenvalue weighted by Gasteiger charge is 2.16. The molecule has 0 unspecified atom stereocenters. The number of hydrogen-bond donors (Lipinski definition) is 1. The monoisotopic (exact) mass is 349 g/mol. The Bertz CT molecular complexity index is 787. The van der Waals surface area contributed by atoms with Crippen molar-refractivity contribution in [1.29, 1.82) is 0 Å². The summed E-state index contributed by atoms with van der Waals surface area (Å²) < 4.78 is 10.5. The Morgan fingerprint density at radius 1 is 1.25 bits per heavy atom. The number of nitrogens with zero attached hydrogens (tertiary/aromatic N) is 4. The summed E-state index contributed by atoms with van der Waals surface area (Å²) in [7, 11) is 0. The molecule has 2 heterocycles. The van der Waals surface area contributed by atoms with Gasteiger partial charge in [0.1, 0.15) is 17.9 Å². The minimum absolute atomic E-state index is 0. The topological polar surface area (TPSA) is 94.9 Å². The van der Waals surface area contributed by atoms with Gasteiger partial charge in [-0.15, -0.1) is 17.5 Å². The average Bonchev–Trinajstić information content (AvgIpc) is 3.23. The van der Waals surface area contributed by atoms with Crippen molar-refractivity contribution in [3.05, 3.63) is 54.0 Å². The number of esters is 1. The molecule has 0 aliphatic heterocycles. The number of nitrogens with one attached hydrogen (secondary N) is 1. The van der Waals surface area contributed by atoms with Crippen molar-refractivity contribution in [2.75, 3.05) is 6.61 Å². The SMILES string of the molecule is CCOC(=O)c1cn[nH]c1OCc1cnn(-c2ccccc2)n1.Cl. The van der Waals surface area contributed by atoms with Gasteiger partial charge in [0.2, 0.25) is 5.88 Å². The molecule has 0 fully saturated rings. The van der Waals surface area contributed by atoms with Crippen LogP contribution in [0.4, 0.5) is 0 Å². The first kappa shape index (κ1) is 17.5. The maximum atomic E-state index is 11.7. The molecule has 0 spiro atoms. The molecule has 0 amide bonds. The van der Waals surface area contributed by atoms with Gasteiger partial charge in [-0.2, -0.15) is 15.0 Å². The molecule has 0 saturated carbocycles. The zero-order valence-corrected chi connectivity index (χ0v) is 13.7. The first-order valence-electron chi connectivity index (χ1n) is 7.08. The van der Waals surface area contributed by atoms with E-state index >= 15 is 0 Å². The number of carbonyl (C=O) groups excluding carboxylic acids is 1. The fraction of sp³-hybridized carbons (Fsp3) is 0.200. The highest BCUT2D eigenvalue weighted by Crippen LogP contribution is 2.16. The van der Waals surface area contributed by atoms with Crippen molar-refractivity contribution in [1.82, 2.24) is 25.2 Å². The molecule has 1 aromatic carbocycles. The van der Waals surface area contributed by atoms with E-state index in [9.17, 15) is 4.79 Å². The van der Waals surface area contributed by atoms with Gasteiger partial charge in [-0.05, 0) is 19.1 Å². The predicted octanol–water partition coefficient (Wildman–Crippen LogP) is 2.17. The van der Waals surface area contributed by atoms with Crippen LogP contribution in [0.2, 0.25) is 0 Å². The molecule has 0 atom stereocenters. The van der Waals surface area contributed by atoms with Crippen LogP contribution in [-0.4, -0.2) is 37.8 Å². The summed E-state index contributed by atoms with van der Waals surface area (Å²) in [5.74, 6) is -0.234. The van der Waals surface area contributed by atoms with Crippen LogP contribution in [0.3, 0.4) is 0 Å². The van der Waals surface area contributed by atoms with Gasteiger partial charge in [-0.1, -0.05) is 18.2 Å². The van der Waals surface area contributed by atoms with Crippen molar-refractivity contribution in [3.63, 3.8) is 0 Å². The van der Waals surface area contributed by atoms with Gasteiger partial charge in [0, 0.05) is 0 Å². The molecule has 126 valence electrons. The normalized spacial score (nSPS) is 10.0. The predicted molar refractivity (Wildman–Crippen MR) is 87.5 cm³/mol. The highest BCUT2D eigenvalue weighted by molar-refractivity contribution is 5.91. The largest absolute Gasteiger partial charge is 0.471 e. The minimum Gasteiger partial charge on any atom is -0.471 e. The van der Waals surface area contributed by atoms with E-state index in [1.807, 2.05) is 30.3 Å². The molecule has 1 N–H and O–H groups in total. The lowest BCUT2D eigenvalue weighted by Crippen LogP contribution is -2.07. The Morgan fingerprint density at radius 3 is 2.79 bits per heavy atom. The second kappa shape index (κ2) is 8.11. The van der Waals surface area contributed by atoms with E-state index in [2.05, 4.69) is 20.4 Å². The Labute approximate surface area is 144 Å². The molecule has 0 aliphatic rings. The van der Waals surface area contributed by atoms with E-state index in [0.29, 0.717) is 5.69 Å². The van der Waals surface area contributed by atoms with Crippen LogP contribution in [0, 0.1) is 0 Å². The molecule has 3 aromatic rings. The molecule has 0 radical (unpaired) electrons. The number of aromatic nitrogens is 5. The average molecular weight is 350 g/mol. The molecule has 0 bridgehead atoms. The van der Waals surface area contributed by atoms with Crippen LogP contribution in [-0.2, 0) is 11.3 Å². The molecule has 8 nitrogen and oxygen atoms in total. The van der Waals surface area contributed by atoms with E-state index in [1.165, 1.54) is 11.0 Å². The molecule has 0 aliphatic carbocycles. The number of hydrogen-bond acceptors (Lipinski definition) is 6.